The lowest BCUT2D eigenvalue weighted by molar-refractivity contribution is -0.144. The summed E-state index contributed by atoms with van der Waals surface area (Å²) in [7, 11) is -3.48. The number of aliphatic hydroxyl groups excluding tert-OH is 1. The molecule has 0 bridgehead atoms. The van der Waals surface area contributed by atoms with Crippen molar-refractivity contribution in [3.8, 4) is 11.8 Å². The number of nitrogens with one attached hydrogen (secondary N) is 1. The Morgan fingerprint density at radius 3 is 2.21 bits per heavy atom. The Kier molecular flexibility index (Phi) is 8.50. The zero-order valence-electron chi connectivity index (χ0n) is 13.6. The van der Waals surface area contributed by atoms with Gasteiger partial charge in [0.2, 0.25) is 0 Å². The van der Waals surface area contributed by atoms with Crippen molar-refractivity contribution in [2.75, 3.05) is 31.8 Å². The Labute approximate surface area is 140 Å². The van der Waals surface area contributed by atoms with E-state index in [0.717, 1.165) is 32.3 Å². The van der Waals surface area contributed by atoms with E-state index in [2.05, 4.69) is 17.2 Å². The molecular weight excluding hydrogens is 347 g/mol. The minimum Gasteiger partial charge on any atom is -0.395 e. The fourth-order valence-corrected chi connectivity index (χ4v) is 2.84. The first-order valence-corrected chi connectivity index (χ1v) is 9.88. The van der Waals surface area contributed by atoms with E-state index >= 15 is 0 Å². The predicted octanol–water partition coefficient (Wildman–Crippen LogP) is 1.12. The largest absolute Gasteiger partial charge is 0.415 e. The third kappa shape index (κ3) is 10.1. The monoisotopic (exact) mass is 371 g/mol. The van der Waals surface area contributed by atoms with E-state index in [1.807, 2.05) is 0 Å². The van der Waals surface area contributed by atoms with Crippen molar-refractivity contribution in [1.29, 1.82) is 0 Å². The van der Waals surface area contributed by atoms with Crippen LogP contribution in [0.1, 0.15) is 25.7 Å². The average Bonchev–Trinajstić information content (AvgIpc) is 3.07. The van der Waals surface area contributed by atoms with Gasteiger partial charge in [-0.2, -0.15) is 13.2 Å². The van der Waals surface area contributed by atoms with Gasteiger partial charge in [0.15, 0.2) is 6.04 Å². The summed E-state index contributed by atoms with van der Waals surface area (Å²) in [6, 6.07) is -3.30. The minimum atomic E-state index is -4.60. The van der Waals surface area contributed by atoms with Gasteiger partial charge in [0.1, 0.15) is 9.84 Å². The molecule has 1 saturated heterocycles. The third-order valence-corrected chi connectivity index (χ3v) is 4.30. The Morgan fingerprint density at radius 2 is 1.88 bits per heavy atom. The second-order valence-electron chi connectivity index (χ2n) is 6.00. The molecule has 1 aliphatic heterocycles. The molecule has 2 rings (SSSR count). The fourth-order valence-electron chi connectivity index (χ4n) is 1.91. The quantitative estimate of drug-likeness (QED) is 0.709. The lowest BCUT2D eigenvalue weighted by Crippen LogP contribution is -2.50. The highest BCUT2D eigenvalue weighted by Crippen LogP contribution is 2.28. The van der Waals surface area contributed by atoms with Gasteiger partial charge >= 0.3 is 6.18 Å². The number of hydrogen-bond acceptors (Lipinski definition) is 5. The zero-order valence-corrected chi connectivity index (χ0v) is 14.4. The molecule has 1 heterocycles. The highest BCUT2D eigenvalue weighted by molar-refractivity contribution is 7.90. The lowest BCUT2D eigenvalue weighted by Gasteiger charge is -2.22. The number of ether oxygens (including phenoxy) is 1. The van der Waals surface area contributed by atoms with E-state index in [1.165, 1.54) is 12.8 Å². The van der Waals surface area contributed by atoms with Crippen LogP contribution in [0, 0.1) is 17.8 Å². The molecule has 0 spiro atoms. The van der Waals surface area contributed by atoms with Crippen molar-refractivity contribution in [3.63, 3.8) is 0 Å². The lowest BCUT2D eigenvalue weighted by atomic mass is 10.2. The molecule has 0 amide bonds. The Hall–Kier alpha value is -0.820. The predicted molar refractivity (Wildman–Crippen MR) is 84.1 cm³/mol. The van der Waals surface area contributed by atoms with Crippen LogP contribution in [0.15, 0.2) is 0 Å². The van der Waals surface area contributed by atoms with Crippen molar-refractivity contribution in [1.82, 2.24) is 5.32 Å². The van der Waals surface area contributed by atoms with Crippen molar-refractivity contribution >= 4 is 9.84 Å². The maximum atomic E-state index is 12.7. The molecule has 0 unspecified atom stereocenters. The molecule has 1 saturated carbocycles. The number of alkyl halides is 3. The Bertz CT molecular complexity index is 524. The molecule has 140 valence electrons. The van der Waals surface area contributed by atoms with Gasteiger partial charge in [0.05, 0.1) is 12.4 Å². The van der Waals surface area contributed by atoms with E-state index < -0.39 is 40.5 Å². The van der Waals surface area contributed by atoms with E-state index in [4.69, 9.17) is 9.84 Å². The van der Waals surface area contributed by atoms with Crippen LogP contribution in [0.25, 0.3) is 0 Å². The van der Waals surface area contributed by atoms with E-state index in [-0.39, 0.29) is 5.92 Å². The topological polar surface area (TPSA) is 75.6 Å². The first-order valence-electron chi connectivity index (χ1n) is 7.82. The van der Waals surface area contributed by atoms with Gasteiger partial charge in [-0.3, -0.25) is 5.32 Å². The summed E-state index contributed by atoms with van der Waals surface area (Å²) in [5.74, 6) is 4.01. The van der Waals surface area contributed by atoms with Crippen LogP contribution in [0.2, 0.25) is 0 Å². The number of hydrogen-bond donors (Lipinski definition) is 2. The summed E-state index contributed by atoms with van der Waals surface area (Å²) in [6.45, 7) is 1.30. The zero-order chi connectivity index (χ0) is 18.2. The summed E-state index contributed by atoms with van der Waals surface area (Å²) in [4.78, 5) is 0. The van der Waals surface area contributed by atoms with Gasteiger partial charge in [-0.05, 0) is 25.7 Å². The van der Waals surface area contributed by atoms with Gasteiger partial charge in [0.25, 0.3) is 0 Å². The van der Waals surface area contributed by atoms with Gasteiger partial charge < -0.3 is 9.84 Å². The number of rotatable bonds is 5. The van der Waals surface area contributed by atoms with Crippen molar-refractivity contribution < 1.29 is 31.4 Å². The smallest absolute Gasteiger partial charge is 0.395 e. The molecule has 24 heavy (non-hydrogen) atoms. The molecule has 2 aliphatic rings. The average molecular weight is 371 g/mol. The van der Waals surface area contributed by atoms with E-state index in [0.29, 0.717) is 0 Å². The van der Waals surface area contributed by atoms with Crippen LogP contribution in [-0.2, 0) is 14.6 Å². The molecule has 2 atom stereocenters. The summed E-state index contributed by atoms with van der Waals surface area (Å²) < 4.78 is 65.2. The van der Waals surface area contributed by atoms with E-state index in [9.17, 15) is 21.6 Å². The highest BCUT2D eigenvalue weighted by atomic mass is 32.2. The molecule has 2 fully saturated rings. The van der Waals surface area contributed by atoms with Crippen LogP contribution >= 0.6 is 0 Å². The Balaban J connectivity index is 0.000000488. The van der Waals surface area contributed by atoms with Crippen LogP contribution in [0.4, 0.5) is 13.2 Å². The third-order valence-electron chi connectivity index (χ3n) is 3.29. The maximum Gasteiger partial charge on any atom is 0.415 e. The summed E-state index contributed by atoms with van der Waals surface area (Å²) in [6.07, 6.45) is 0.442. The normalized spacial score (nSPS) is 20.4. The highest BCUT2D eigenvalue weighted by Gasteiger charge is 2.40. The second-order valence-corrected chi connectivity index (χ2v) is 8.18. The SMILES string of the molecule is C1CCOC1.CS(=O)(=O)C[C@@H](CO)N[C@@H](C#CC1CC1)C(F)(F)F. The second kappa shape index (κ2) is 9.61. The summed E-state index contributed by atoms with van der Waals surface area (Å²) in [5, 5.41) is 11.0. The number of sulfone groups is 1. The van der Waals surface area contributed by atoms with Crippen LogP contribution < -0.4 is 5.32 Å². The summed E-state index contributed by atoms with van der Waals surface area (Å²) >= 11 is 0. The molecular formula is C15H24F3NO4S. The fraction of sp³-hybridized carbons (Fsp3) is 0.867. The molecule has 0 radical (unpaired) electrons. The maximum absolute atomic E-state index is 12.7. The van der Waals surface area contributed by atoms with Gasteiger partial charge in [-0.15, -0.1) is 0 Å². The first-order chi connectivity index (χ1) is 11.1. The minimum absolute atomic E-state index is 0.00846. The van der Waals surface area contributed by atoms with Crippen molar-refractivity contribution in [3.05, 3.63) is 0 Å². The van der Waals surface area contributed by atoms with Crippen molar-refractivity contribution in [2.24, 2.45) is 5.92 Å². The molecule has 9 heteroatoms. The molecule has 5 nitrogen and oxygen atoms in total. The molecule has 1 aliphatic carbocycles. The Morgan fingerprint density at radius 1 is 1.29 bits per heavy atom. The van der Waals surface area contributed by atoms with Gasteiger partial charge in [0, 0.05) is 31.4 Å². The molecule has 0 aromatic heterocycles. The standard InChI is InChI=1S/C11H16F3NO3S.C4H8O/c1-19(17,18)7-9(6-16)15-10(11(12,13)14)5-4-8-2-3-8;1-2-4-5-3-1/h8-10,15-16H,2-3,6-7H2,1H3;1-4H2/t9-,10+;/m1./s1. The van der Waals surface area contributed by atoms with Crippen LogP contribution in [0.5, 0.6) is 0 Å². The summed E-state index contributed by atoms with van der Waals surface area (Å²) in [5.41, 5.74) is 0. The van der Waals surface area contributed by atoms with Crippen LogP contribution in [-0.4, -0.2) is 63.6 Å². The number of halogens is 3. The first kappa shape index (κ1) is 21.2. The number of aliphatic hydroxyl groups is 1. The van der Waals surface area contributed by atoms with Crippen LogP contribution in [0.3, 0.4) is 0 Å². The van der Waals surface area contributed by atoms with E-state index in [1.54, 1.807) is 0 Å². The molecule has 2 N–H and O–H groups in total. The molecule has 0 aromatic carbocycles. The van der Waals surface area contributed by atoms with Crippen molar-refractivity contribution in [2.45, 2.75) is 43.9 Å². The van der Waals surface area contributed by atoms with Gasteiger partial charge in [-0.25, -0.2) is 8.42 Å². The molecule has 0 aromatic rings. The van der Waals surface area contributed by atoms with Gasteiger partial charge in [-0.1, -0.05) is 11.8 Å².